The molecule has 2 aromatic carbocycles. The second-order valence-corrected chi connectivity index (χ2v) is 7.54. The van der Waals surface area contributed by atoms with Crippen molar-refractivity contribution >= 4 is 50.6 Å². The van der Waals surface area contributed by atoms with Crippen molar-refractivity contribution in [2.75, 3.05) is 13.7 Å². The van der Waals surface area contributed by atoms with E-state index in [0.29, 0.717) is 25.8 Å². The summed E-state index contributed by atoms with van der Waals surface area (Å²) in [7, 11) is 1.54. The molecule has 0 bridgehead atoms. The maximum atomic E-state index is 12.2. The third-order valence-electron chi connectivity index (χ3n) is 3.61. The molecule has 0 spiro atoms. The number of halogens is 2. The Labute approximate surface area is 173 Å². The lowest BCUT2D eigenvalue weighted by Gasteiger charge is -2.06. The smallest absolute Gasteiger partial charge is 0.358 e. The first kappa shape index (κ1) is 19.5. The highest BCUT2D eigenvalue weighted by atomic mass is 79.9. The molecule has 0 saturated heterocycles. The van der Waals surface area contributed by atoms with Gasteiger partial charge >= 0.3 is 5.97 Å². The van der Waals surface area contributed by atoms with Crippen molar-refractivity contribution in [2.45, 2.75) is 0 Å². The average molecular weight is 467 g/mol. The van der Waals surface area contributed by atoms with Crippen LogP contribution in [-0.2, 0) is 4.74 Å². The molecule has 0 aliphatic heterocycles. The van der Waals surface area contributed by atoms with E-state index in [1.54, 1.807) is 35.7 Å². The van der Waals surface area contributed by atoms with E-state index >= 15 is 0 Å². The van der Waals surface area contributed by atoms with Gasteiger partial charge < -0.3 is 9.47 Å². The molecule has 27 heavy (non-hydrogen) atoms. The van der Waals surface area contributed by atoms with Gasteiger partial charge in [-0.25, -0.2) is 9.78 Å². The molecule has 8 heteroatoms. The first-order valence-corrected chi connectivity index (χ1v) is 9.78. The molecule has 0 aliphatic carbocycles. The molecule has 138 valence electrons. The van der Waals surface area contributed by atoms with Crippen molar-refractivity contribution < 1.29 is 19.1 Å². The van der Waals surface area contributed by atoms with Crippen LogP contribution in [0.2, 0.25) is 5.02 Å². The fraction of sp³-hybridized carbons (Fsp3) is 0.105. The van der Waals surface area contributed by atoms with Crippen LogP contribution in [0.1, 0.15) is 20.8 Å². The Kier molecular flexibility index (Phi) is 6.26. The minimum Gasteiger partial charge on any atom is -0.496 e. The summed E-state index contributed by atoms with van der Waals surface area (Å²) >= 11 is 10.5. The molecule has 0 radical (unpaired) electrons. The third-order valence-corrected chi connectivity index (χ3v) is 5.38. The quantitative estimate of drug-likeness (QED) is 0.365. The molecule has 0 fully saturated rings. The Morgan fingerprint density at radius 3 is 2.59 bits per heavy atom. The first-order chi connectivity index (χ1) is 13.0. The van der Waals surface area contributed by atoms with Crippen molar-refractivity contribution in [1.29, 1.82) is 0 Å². The van der Waals surface area contributed by atoms with Crippen molar-refractivity contribution in [1.82, 2.24) is 4.98 Å². The molecule has 1 aromatic heterocycles. The average Bonchev–Trinajstić information content (AvgIpc) is 3.16. The van der Waals surface area contributed by atoms with E-state index < -0.39 is 5.97 Å². The van der Waals surface area contributed by atoms with E-state index in [0.717, 1.165) is 5.56 Å². The maximum absolute atomic E-state index is 12.2. The summed E-state index contributed by atoms with van der Waals surface area (Å²) in [4.78, 5) is 28.7. The van der Waals surface area contributed by atoms with E-state index in [-0.39, 0.29) is 18.1 Å². The maximum Gasteiger partial charge on any atom is 0.358 e. The Morgan fingerprint density at radius 1 is 1.19 bits per heavy atom. The number of carbonyl (C=O) groups is 2. The number of hydrogen-bond donors (Lipinski definition) is 0. The topological polar surface area (TPSA) is 65.5 Å². The van der Waals surface area contributed by atoms with Gasteiger partial charge in [0.1, 0.15) is 10.8 Å². The van der Waals surface area contributed by atoms with Crippen LogP contribution in [-0.4, -0.2) is 30.5 Å². The molecule has 0 atom stereocenters. The zero-order valence-corrected chi connectivity index (χ0v) is 17.2. The zero-order chi connectivity index (χ0) is 19.4. The molecule has 1 heterocycles. The number of nitrogens with zero attached hydrogens (tertiary/aromatic N) is 1. The summed E-state index contributed by atoms with van der Waals surface area (Å²) in [5, 5.41) is 2.89. The summed E-state index contributed by atoms with van der Waals surface area (Å²) in [6.07, 6.45) is 0. The highest BCUT2D eigenvalue weighted by Crippen LogP contribution is 2.27. The number of Topliss-reactive ketones (excluding diaryl/α,β-unsaturated/α-hetero) is 1. The Bertz CT molecular complexity index is 988. The SMILES string of the molecule is COc1ccc(C(=O)COC(=O)c2csc(-c3ccc(Cl)cc3)n2)cc1Br. The molecule has 0 aliphatic rings. The van der Waals surface area contributed by atoms with Crippen LogP contribution < -0.4 is 4.74 Å². The number of hydrogen-bond acceptors (Lipinski definition) is 6. The summed E-state index contributed by atoms with van der Waals surface area (Å²) < 4.78 is 10.9. The minimum absolute atomic E-state index is 0.161. The number of methoxy groups -OCH3 is 1. The lowest BCUT2D eigenvalue weighted by atomic mass is 10.1. The Balaban J connectivity index is 1.63. The van der Waals surface area contributed by atoms with Gasteiger partial charge in [-0.05, 0) is 46.3 Å². The number of ketones is 1. The molecule has 0 amide bonds. The second kappa shape index (κ2) is 8.65. The minimum atomic E-state index is -0.646. The number of carbonyl (C=O) groups excluding carboxylic acids is 2. The lowest BCUT2D eigenvalue weighted by molar-refractivity contribution is 0.0470. The number of rotatable bonds is 6. The van der Waals surface area contributed by atoms with Crippen LogP contribution >= 0.6 is 38.9 Å². The first-order valence-electron chi connectivity index (χ1n) is 7.73. The Morgan fingerprint density at radius 2 is 1.93 bits per heavy atom. The number of benzene rings is 2. The van der Waals surface area contributed by atoms with Crippen molar-refractivity contribution in [3.63, 3.8) is 0 Å². The zero-order valence-electron chi connectivity index (χ0n) is 14.1. The number of thiazole rings is 1. The van der Waals surface area contributed by atoms with Gasteiger partial charge in [-0.3, -0.25) is 4.79 Å². The predicted molar refractivity (Wildman–Crippen MR) is 108 cm³/mol. The molecule has 0 N–H and O–H groups in total. The van der Waals surface area contributed by atoms with E-state index in [1.165, 1.54) is 18.4 Å². The van der Waals surface area contributed by atoms with E-state index in [2.05, 4.69) is 20.9 Å². The van der Waals surface area contributed by atoms with Gasteiger partial charge in [0, 0.05) is 21.5 Å². The van der Waals surface area contributed by atoms with E-state index in [1.807, 2.05) is 12.1 Å². The molecular weight excluding hydrogens is 454 g/mol. The number of aromatic nitrogens is 1. The molecule has 0 saturated carbocycles. The van der Waals surface area contributed by atoms with Crippen LogP contribution in [0.15, 0.2) is 52.3 Å². The standard InChI is InChI=1S/C19H13BrClNO4S/c1-25-17-7-4-12(8-14(17)20)16(23)9-26-19(24)15-10-27-18(22-15)11-2-5-13(21)6-3-11/h2-8,10H,9H2,1H3. The van der Waals surface area contributed by atoms with Crippen molar-refractivity contribution in [2.24, 2.45) is 0 Å². The summed E-state index contributed by atoms with van der Waals surface area (Å²) in [6.45, 7) is -0.370. The highest BCUT2D eigenvalue weighted by Gasteiger charge is 2.16. The van der Waals surface area contributed by atoms with Crippen LogP contribution in [0.25, 0.3) is 10.6 Å². The van der Waals surface area contributed by atoms with Crippen molar-refractivity contribution in [3.8, 4) is 16.3 Å². The largest absolute Gasteiger partial charge is 0.496 e. The number of esters is 1. The van der Waals surface area contributed by atoms with Gasteiger partial charge in [-0.15, -0.1) is 11.3 Å². The van der Waals surface area contributed by atoms with Crippen LogP contribution in [0.3, 0.4) is 0 Å². The summed E-state index contributed by atoms with van der Waals surface area (Å²) in [5.74, 6) is -0.354. The molecule has 3 rings (SSSR count). The normalized spacial score (nSPS) is 10.5. The lowest BCUT2D eigenvalue weighted by Crippen LogP contribution is -2.14. The van der Waals surface area contributed by atoms with Crippen LogP contribution in [0.4, 0.5) is 0 Å². The van der Waals surface area contributed by atoms with Gasteiger partial charge in [-0.1, -0.05) is 23.7 Å². The second-order valence-electron chi connectivity index (χ2n) is 5.39. The summed E-state index contributed by atoms with van der Waals surface area (Å²) in [6, 6.07) is 12.0. The predicted octanol–water partition coefficient (Wildman–Crippen LogP) is 5.27. The van der Waals surface area contributed by atoms with Gasteiger partial charge in [0.2, 0.25) is 0 Å². The Hall–Kier alpha value is -2.22. The van der Waals surface area contributed by atoms with Gasteiger partial charge in [-0.2, -0.15) is 0 Å². The van der Waals surface area contributed by atoms with Gasteiger partial charge in [0.15, 0.2) is 18.1 Å². The fourth-order valence-corrected chi connectivity index (χ4v) is 3.68. The van der Waals surface area contributed by atoms with Crippen LogP contribution in [0, 0.1) is 0 Å². The van der Waals surface area contributed by atoms with E-state index in [4.69, 9.17) is 21.1 Å². The van der Waals surface area contributed by atoms with Gasteiger partial charge in [0.25, 0.3) is 0 Å². The monoisotopic (exact) mass is 465 g/mol. The molecular formula is C19H13BrClNO4S. The van der Waals surface area contributed by atoms with E-state index in [9.17, 15) is 9.59 Å². The fourth-order valence-electron chi connectivity index (χ4n) is 2.22. The third kappa shape index (κ3) is 4.74. The van der Waals surface area contributed by atoms with Gasteiger partial charge in [0.05, 0.1) is 11.6 Å². The summed E-state index contributed by atoms with van der Waals surface area (Å²) in [5.41, 5.74) is 1.42. The molecule has 5 nitrogen and oxygen atoms in total. The van der Waals surface area contributed by atoms with Crippen LogP contribution in [0.5, 0.6) is 5.75 Å². The number of ether oxygens (including phenoxy) is 2. The molecule has 0 unspecified atom stereocenters. The van der Waals surface area contributed by atoms with Crippen molar-refractivity contribution in [3.05, 3.63) is 68.6 Å². The molecule has 3 aromatic rings. The highest BCUT2D eigenvalue weighted by molar-refractivity contribution is 9.10.